The highest BCUT2D eigenvalue weighted by atomic mass is 32.2. The molecular formula is C23H27N3O4S2. The van der Waals surface area contributed by atoms with E-state index in [0.717, 1.165) is 29.7 Å². The predicted octanol–water partition coefficient (Wildman–Crippen LogP) is 3.18. The summed E-state index contributed by atoms with van der Waals surface area (Å²) in [6.45, 7) is 2.75. The van der Waals surface area contributed by atoms with E-state index in [1.807, 2.05) is 37.3 Å². The van der Waals surface area contributed by atoms with Crippen molar-refractivity contribution in [2.45, 2.75) is 42.0 Å². The Balaban J connectivity index is 1.55. The molecule has 2 aromatic rings. The fourth-order valence-electron chi connectivity index (χ4n) is 4.03. The summed E-state index contributed by atoms with van der Waals surface area (Å²) in [5, 5.41) is 2.93. The van der Waals surface area contributed by atoms with Gasteiger partial charge in [-0.15, -0.1) is 11.8 Å². The van der Waals surface area contributed by atoms with Crippen molar-refractivity contribution in [1.82, 2.24) is 9.62 Å². The van der Waals surface area contributed by atoms with Crippen LogP contribution < -0.4 is 10.2 Å². The summed E-state index contributed by atoms with van der Waals surface area (Å²) in [7, 11) is -3.63. The first kappa shape index (κ1) is 22.8. The zero-order chi connectivity index (χ0) is 22.7. The second kappa shape index (κ2) is 9.64. The van der Waals surface area contributed by atoms with Crippen LogP contribution in [-0.2, 0) is 19.6 Å². The number of nitrogens with one attached hydrogen (secondary N) is 1. The number of fused-ring (bicyclic) bond motifs is 1. The molecule has 0 spiro atoms. The summed E-state index contributed by atoms with van der Waals surface area (Å²) >= 11 is 1.36. The molecule has 2 aromatic carbocycles. The average Bonchev–Trinajstić information content (AvgIpc) is 2.81. The molecule has 2 aliphatic rings. The summed E-state index contributed by atoms with van der Waals surface area (Å²) in [5.41, 5.74) is 1.45. The van der Waals surface area contributed by atoms with Gasteiger partial charge in [-0.3, -0.25) is 9.59 Å². The van der Waals surface area contributed by atoms with Gasteiger partial charge < -0.3 is 10.2 Å². The highest BCUT2D eigenvalue weighted by Gasteiger charge is 2.31. The first-order valence-electron chi connectivity index (χ1n) is 10.8. The SMILES string of the molecule is C[C@H](NC(=O)CN1C(=O)CSc2ccc(S(=O)(=O)N3CCCCC3)cc21)c1ccccc1. The highest BCUT2D eigenvalue weighted by Crippen LogP contribution is 2.37. The Hall–Kier alpha value is -2.36. The van der Waals surface area contributed by atoms with Gasteiger partial charge >= 0.3 is 0 Å². The van der Waals surface area contributed by atoms with Crippen molar-refractivity contribution in [1.29, 1.82) is 0 Å². The first-order chi connectivity index (χ1) is 15.4. The molecule has 0 aromatic heterocycles. The van der Waals surface area contributed by atoms with Crippen LogP contribution in [0.3, 0.4) is 0 Å². The standard InChI is InChI=1S/C23H27N3O4S2/c1-17(18-8-4-2-5-9-18)24-22(27)15-26-20-14-19(10-11-21(20)31-16-23(26)28)32(29,30)25-12-6-3-7-13-25/h2,4-5,8-11,14,17H,3,6-7,12-13,15-16H2,1H3,(H,24,27)/t17-/m0/s1. The molecule has 1 saturated heterocycles. The van der Waals surface area contributed by atoms with Crippen LogP contribution in [0.25, 0.3) is 0 Å². The minimum Gasteiger partial charge on any atom is -0.348 e. The Morgan fingerprint density at radius 3 is 2.53 bits per heavy atom. The minimum absolute atomic E-state index is 0.156. The van der Waals surface area contributed by atoms with Gasteiger partial charge in [0.05, 0.1) is 22.4 Å². The van der Waals surface area contributed by atoms with Crippen molar-refractivity contribution in [3.8, 4) is 0 Å². The van der Waals surface area contributed by atoms with Gasteiger partial charge in [0.15, 0.2) is 0 Å². The van der Waals surface area contributed by atoms with Gasteiger partial charge in [0.1, 0.15) is 6.54 Å². The molecule has 32 heavy (non-hydrogen) atoms. The summed E-state index contributed by atoms with van der Waals surface area (Å²) in [6.07, 6.45) is 2.74. The van der Waals surface area contributed by atoms with E-state index in [1.54, 1.807) is 12.1 Å². The maximum atomic E-state index is 13.1. The molecule has 2 amide bonds. The maximum absolute atomic E-state index is 13.1. The quantitative estimate of drug-likeness (QED) is 0.696. The second-order valence-corrected chi connectivity index (χ2v) is 11.0. The van der Waals surface area contributed by atoms with Crippen LogP contribution in [0.15, 0.2) is 58.3 Å². The van der Waals surface area contributed by atoms with E-state index in [2.05, 4.69) is 5.32 Å². The number of anilines is 1. The smallest absolute Gasteiger partial charge is 0.243 e. The van der Waals surface area contributed by atoms with E-state index >= 15 is 0 Å². The molecule has 1 atom stereocenters. The van der Waals surface area contributed by atoms with E-state index < -0.39 is 10.0 Å². The Morgan fingerprint density at radius 2 is 1.81 bits per heavy atom. The second-order valence-electron chi connectivity index (χ2n) is 8.06. The third-order valence-corrected chi connectivity index (χ3v) is 8.75. The molecule has 0 aliphatic carbocycles. The molecule has 4 rings (SSSR count). The van der Waals surface area contributed by atoms with Crippen LogP contribution in [-0.4, -0.2) is 49.9 Å². The van der Waals surface area contributed by atoms with E-state index in [1.165, 1.54) is 27.0 Å². The van der Waals surface area contributed by atoms with Gasteiger partial charge in [-0.1, -0.05) is 36.8 Å². The number of carbonyl (C=O) groups excluding carboxylic acids is 2. The largest absolute Gasteiger partial charge is 0.348 e. The van der Waals surface area contributed by atoms with Crippen molar-refractivity contribution in [2.75, 3.05) is 30.3 Å². The highest BCUT2D eigenvalue weighted by molar-refractivity contribution is 8.00. The van der Waals surface area contributed by atoms with Crippen molar-refractivity contribution in [3.63, 3.8) is 0 Å². The zero-order valence-corrected chi connectivity index (χ0v) is 19.6. The Bertz CT molecular complexity index is 1100. The number of piperidine rings is 1. The van der Waals surface area contributed by atoms with Gasteiger partial charge in [0.2, 0.25) is 21.8 Å². The Labute approximate surface area is 193 Å². The molecule has 7 nitrogen and oxygen atoms in total. The summed E-state index contributed by atoms with van der Waals surface area (Å²) in [5.74, 6) is -0.290. The number of carbonyl (C=O) groups is 2. The van der Waals surface area contributed by atoms with Crippen LogP contribution in [0.1, 0.15) is 37.8 Å². The number of benzene rings is 2. The molecule has 2 heterocycles. The monoisotopic (exact) mass is 473 g/mol. The topological polar surface area (TPSA) is 86.8 Å². The molecule has 9 heteroatoms. The van der Waals surface area contributed by atoms with Crippen LogP contribution in [0, 0.1) is 0 Å². The minimum atomic E-state index is -3.63. The lowest BCUT2D eigenvalue weighted by Gasteiger charge is -2.30. The molecule has 0 saturated carbocycles. The number of hydrogen-bond donors (Lipinski definition) is 1. The predicted molar refractivity (Wildman–Crippen MR) is 125 cm³/mol. The number of sulfonamides is 1. The maximum Gasteiger partial charge on any atom is 0.243 e. The van der Waals surface area contributed by atoms with Crippen LogP contribution in [0.5, 0.6) is 0 Å². The third kappa shape index (κ3) is 4.84. The molecule has 0 bridgehead atoms. The molecule has 0 unspecified atom stereocenters. The molecular weight excluding hydrogens is 446 g/mol. The summed E-state index contributed by atoms with van der Waals surface area (Å²) in [6, 6.07) is 14.3. The molecule has 170 valence electrons. The number of rotatable bonds is 6. The number of amides is 2. The average molecular weight is 474 g/mol. The van der Waals surface area contributed by atoms with Gasteiger partial charge in [0, 0.05) is 18.0 Å². The number of nitrogens with zero attached hydrogens (tertiary/aromatic N) is 2. The summed E-state index contributed by atoms with van der Waals surface area (Å²) in [4.78, 5) is 27.8. The normalized spacial score (nSPS) is 18.2. The van der Waals surface area contributed by atoms with Crippen molar-refractivity contribution >= 4 is 39.3 Å². The van der Waals surface area contributed by atoms with E-state index in [4.69, 9.17) is 0 Å². The van der Waals surface area contributed by atoms with Gasteiger partial charge in [-0.25, -0.2) is 8.42 Å². The summed E-state index contributed by atoms with van der Waals surface area (Å²) < 4.78 is 27.8. The number of thioether (sulfide) groups is 1. The Morgan fingerprint density at radius 1 is 1.09 bits per heavy atom. The number of hydrogen-bond acceptors (Lipinski definition) is 5. The van der Waals surface area contributed by atoms with Crippen LogP contribution in [0.4, 0.5) is 5.69 Å². The lowest BCUT2D eigenvalue weighted by molar-refractivity contribution is -0.123. The van der Waals surface area contributed by atoms with Crippen LogP contribution in [0.2, 0.25) is 0 Å². The van der Waals surface area contributed by atoms with E-state index in [9.17, 15) is 18.0 Å². The fourth-order valence-corrected chi connectivity index (χ4v) is 6.48. The van der Waals surface area contributed by atoms with E-state index in [-0.39, 0.29) is 35.0 Å². The lowest BCUT2D eigenvalue weighted by atomic mass is 10.1. The van der Waals surface area contributed by atoms with Gasteiger partial charge in [-0.05, 0) is 43.5 Å². The fraction of sp³-hybridized carbons (Fsp3) is 0.391. The molecule has 1 N–H and O–H groups in total. The van der Waals surface area contributed by atoms with Crippen molar-refractivity contribution in [3.05, 3.63) is 54.1 Å². The van der Waals surface area contributed by atoms with Gasteiger partial charge in [0.25, 0.3) is 0 Å². The van der Waals surface area contributed by atoms with Crippen molar-refractivity contribution < 1.29 is 18.0 Å². The third-order valence-electron chi connectivity index (χ3n) is 5.80. The first-order valence-corrected chi connectivity index (χ1v) is 13.2. The van der Waals surface area contributed by atoms with Gasteiger partial charge in [-0.2, -0.15) is 4.31 Å². The molecule has 2 aliphatic heterocycles. The lowest BCUT2D eigenvalue weighted by Crippen LogP contribution is -2.44. The van der Waals surface area contributed by atoms with E-state index in [0.29, 0.717) is 18.8 Å². The van der Waals surface area contributed by atoms with Crippen molar-refractivity contribution in [2.24, 2.45) is 0 Å². The molecule has 0 radical (unpaired) electrons. The molecule has 1 fully saturated rings. The van der Waals surface area contributed by atoms with Crippen LogP contribution >= 0.6 is 11.8 Å². The zero-order valence-electron chi connectivity index (χ0n) is 18.0. The Kier molecular flexibility index (Phi) is 6.88.